The van der Waals surface area contributed by atoms with E-state index in [2.05, 4.69) is 4.98 Å². The fourth-order valence-corrected chi connectivity index (χ4v) is 2.48. The second-order valence-corrected chi connectivity index (χ2v) is 5.48. The average molecular weight is 346 g/mol. The first-order valence-corrected chi connectivity index (χ1v) is 7.34. The molecule has 0 fully saturated rings. The van der Waals surface area contributed by atoms with Gasteiger partial charge in [-0.2, -0.15) is 13.2 Å². The lowest BCUT2D eigenvalue weighted by atomic mass is 10.0. The molecule has 0 spiro atoms. The summed E-state index contributed by atoms with van der Waals surface area (Å²) in [5, 5.41) is 9.06. The van der Waals surface area contributed by atoms with Gasteiger partial charge in [-0.05, 0) is 28.8 Å². The first kappa shape index (κ1) is 16.8. The van der Waals surface area contributed by atoms with Crippen LogP contribution >= 0.6 is 0 Å². The van der Waals surface area contributed by atoms with Crippen molar-refractivity contribution in [2.24, 2.45) is 0 Å². The number of aromatic nitrogens is 2. The molecule has 1 aromatic heterocycles. The van der Waals surface area contributed by atoms with Gasteiger partial charge in [0.05, 0.1) is 18.1 Å². The van der Waals surface area contributed by atoms with Crippen LogP contribution in [0.15, 0.2) is 61.1 Å². The molecule has 128 valence electrons. The number of carboxylic acids is 1. The molecule has 0 aliphatic carbocycles. The van der Waals surface area contributed by atoms with E-state index in [0.717, 1.165) is 23.3 Å². The number of aromatic carboxylic acids is 1. The number of imidazole rings is 1. The Kier molecular flexibility index (Phi) is 4.31. The van der Waals surface area contributed by atoms with Crippen LogP contribution in [0.3, 0.4) is 0 Å². The van der Waals surface area contributed by atoms with Crippen molar-refractivity contribution in [1.82, 2.24) is 9.55 Å². The summed E-state index contributed by atoms with van der Waals surface area (Å²) < 4.78 is 39.3. The van der Waals surface area contributed by atoms with Crippen LogP contribution in [0, 0.1) is 0 Å². The second-order valence-electron chi connectivity index (χ2n) is 5.48. The summed E-state index contributed by atoms with van der Waals surface area (Å²) in [5.74, 6) is -1.06. The summed E-state index contributed by atoms with van der Waals surface area (Å²) in [7, 11) is 0. The lowest BCUT2D eigenvalue weighted by Gasteiger charge is -2.09. The van der Waals surface area contributed by atoms with Crippen LogP contribution < -0.4 is 0 Å². The highest BCUT2D eigenvalue weighted by molar-refractivity contribution is 5.85. The van der Waals surface area contributed by atoms with Gasteiger partial charge in [-0.1, -0.05) is 36.4 Å². The monoisotopic (exact) mass is 346 g/mol. The number of halogens is 3. The average Bonchev–Trinajstić information content (AvgIpc) is 3.03. The van der Waals surface area contributed by atoms with Gasteiger partial charge in [-0.15, -0.1) is 0 Å². The van der Waals surface area contributed by atoms with Crippen LogP contribution in [0.2, 0.25) is 0 Å². The molecule has 0 atom stereocenters. The molecule has 3 aromatic rings. The van der Waals surface area contributed by atoms with E-state index < -0.39 is 17.7 Å². The van der Waals surface area contributed by atoms with E-state index in [-0.39, 0.29) is 5.69 Å². The van der Waals surface area contributed by atoms with Gasteiger partial charge in [0.1, 0.15) is 5.69 Å². The highest BCUT2D eigenvalue weighted by atomic mass is 19.4. The number of nitrogens with zero attached hydrogens (tertiary/aromatic N) is 2. The molecule has 0 amide bonds. The van der Waals surface area contributed by atoms with Crippen molar-refractivity contribution in [3.05, 3.63) is 77.9 Å². The molecule has 0 bridgehead atoms. The number of hydrogen-bond acceptors (Lipinski definition) is 2. The minimum Gasteiger partial charge on any atom is -0.477 e. The Balaban J connectivity index is 1.78. The molecule has 7 heteroatoms. The van der Waals surface area contributed by atoms with Crippen molar-refractivity contribution in [3.8, 4) is 11.1 Å². The molecule has 0 saturated carbocycles. The molecule has 0 aliphatic rings. The van der Waals surface area contributed by atoms with E-state index in [1.165, 1.54) is 29.2 Å². The molecule has 4 nitrogen and oxygen atoms in total. The van der Waals surface area contributed by atoms with Crippen LogP contribution in [-0.2, 0) is 12.7 Å². The number of hydrogen-bond donors (Lipinski definition) is 1. The first-order valence-electron chi connectivity index (χ1n) is 7.34. The zero-order chi connectivity index (χ0) is 18.0. The summed E-state index contributed by atoms with van der Waals surface area (Å²) >= 11 is 0. The predicted molar refractivity (Wildman–Crippen MR) is 85.2 cm³/mol. The lowest BCUT2D eigenvalue weighted by molar-refractivity contribution is -0.137. The van der Waals surface area contributed by atoms with Crippen LogP contribution in [0.5, 0.6) is 0 Å². The Morgan fingerprint density at radius 2 is 1.56 bits per heavy atom. The number of carboxylic acid groups (broad SMARTS) is 1. The van der Waals surface area contributed by atoms with Gasteiger partial charge >= 0.3 is 12.1 Å². The minimum absolute atomic E-state index is 0.0896. The summed E-state index contributed by atoms with van der Waals surface area (Å²) in [5.41, 5.74) is 1.71. The Bertz CT molecular complexity index is 882. The minimum atomic E-state index is -4.35. The van der Waals surface area contributed by atoms with E-state index in [4.69, 9.17) is 5.11 Å². The van der Waals surface area contributed by atoms with Crippen molar-refractivity contribution >= 4 is 5.97 Å². The SMILES string of the molecule is O=C(O)c1cncn1Cc1ccc(-c2ccc(C(F)(F)F)cc2)cc1. The zero-order valence-corrected chi connectivity index (χ0v) is 12.9. The summed E-state index contributed by atoms with van der Waals surface area (Å²) in [4.78, 5) is 14.9. The molecule has 3 rings (SSSR count). The summed E-state index contributed by atoms with van der Waals surface area (Å²) in [6.07, 6.45) is -1.64. The van der Waals surface area contributed by atoms with Gasteiger partial charge in [0.2, 0.25) is 0 Å². The third-order valence-electron chi connectivity index (χ3n) is 3.78. The lowest BCUT2D eigenvalue weighted by Crippen LogP contribution is -2.08. The Labute approximate surface area is 141 Å². The molecule has 2 aromatic carbocycles. The maximum Gasteiger partial charge on any atom is 0.416 e. The molecule has 0 radical (unpaired) electrons. The van der Waals surface area contributed by atoms with Crippen molar-refractivity contribution < 1.29 is 23.1 Å². The maximum absolute atomic E-state index is 12.6. The third-order valence-corrected chi connectivity index (χ3v) is 3.78. The summed E-state index contributed by atoms with van der Waals surface area (Å²) in [6, 6.07) is 12.1. The van der Waals surface area contributed by atoms with Gasteiger partial charge < -0.3 is 9.67 Å². The van der Waals surface area contributed by atoms with E-state index in [1.807, 2.05) is 0 Å². The van der Waals surface area contributed by atoms with E-state index in [1.54, 1.807) is 24.3 Å². The zero-order valence-electron chi connectivity index (χ0n) is 12.9. The second kappa shape index (κ2) is 6.43. The molecule has 1 N–H and O–H groups in total. The fourth-order valence-electron chi connectivity index (χ4n) is 2.48. The standard InChI is InChI=1S/C18H13F3N2O2/c19-18(20,21)15-7-5-14(6-8-15)13-3-1-12(2-4-13)10-23-11-22-9-16(23)17(24)25/h1-9,11H,10H2,(H,24,25). The molecule has 0 saturated heterocycles. The highest BCUT2D eigenvalue weighted by Gasteiger charge is 2.29. The van der Waals surface area contributed by atoms with E-state index in [0.29, 0.717) is 12.1 Å². The smallest absolute Gasteiger partial charge is 0.416 e. The van der Waals surface area contributed by atoms with Crippen LogP contribution in [0.1, 0.15) is 21.6 Å². The molecular weight excluding hydrogens is 333 g/mol. The Hall–Kier alpha value is -3.09. The van der Waals surface area contributed by atoms with Crippen molar-refractivity contribution in [1.29, 1.82) is 0 Å². The number of benzene rings is 2. The molecule has 25 heavy (non-hydrogen) atoms. The number of rotatable bonds is 4. The van der Waals surface area contributed by atoms with E-state index >= 15 is 0 Å². The molecule has 0 aliphatic heterocycles. The van der Waals surface area contributed by atoms with Crippen LogP contribution in [0.4, 0.5) is 13.2 Å². The van der Waals surface area contributed by atoms with Gasteiger partial charge in [0.25, 0.3) is 0 Å². The van der Waals surface area contributed by atoms with E-state index in [9.17, 15) is 18.0 Å². The topological polar surface area (TPSA) is 55.1 Å². The summed E-state index contributed by atoms with van der Waals surface area (Å²) in [6.45, 7) is 0.342. The van der Waals surface area contributed by atoms with Crippen molar-refractivity contribution in [2.75, 3.05) is 0 Å². The van der Waals surface area contributed by atoms with Gasteiger partial charge in [-0.3, -0.25) is 0 Å². The molecule has 1 heterocycles. The number of alkyl halides is 3. The number of carbonyl (C=O) groups is 1. The van der Waals surface area contributed by atoms with Crippen LogP contribution in [-0.4, -0.2) is 20.6 Å². The maximum atomic E-state index is 12.6. The highest BCUT2D eigenvalue weighted by Crippen LogP contribution is 2.31. The molecule has 0 unspecified atom stereocenters. The van der Waals surface area contributed by atoms with Crippen LogP contribution in [0.25, 0.3) is 11.1 Å². The Morgan fingerprint density at radius 3 is 2.08 bits per heavy atom. The first-order chi connectivity index (χ1) is 11.8. The predicted octanol–water partition coefficient (Wildman–Crippen LogP) is 4.32. The van der Waals surface area contributed by atoms with Gasteiger partial charge in [0, 0.05) is 6.54 Å². The largest absolute Gasteiger partial charge is 0.477 e. The third kappa shape index (κ3) is 3.71. The van der Waals surface area contributed by atoms with Crippen molar-refractivity contribution in [3.63, 3.8) is 0 Å². The Morgan fingerprint density at radius 1 is 1.00 bits per heavy atom. The van der Waals surface area contributed by atoms with Gasteiger partial charge in [-0.25, -0.2) is 9.78 Å². The molecular formula is C18H13F3N2O2. The normalized spacial score (nSPS) is 11.5. The van der Waals surface area contributed by atoms with Gasteiger partial charge in [0.15, 0.2) is 0 Å². The van der Waals surface area contributed by atoms with Crippen molar-refractivity contribution in [2.45, 2.75) is 12.7 Å². The fraction of sp³-hybridized carbons (Fsp3) is 0.111. The quantitative estimate of drug-likeness (QED) is 0.766.